The molecule has 11 heteroatoms. The maximum Gasteiger partial charge on any atom is 0.264 e. The fourth-order valence-corrected chi connectivity index (χ4v) is 6.96. The van der Waals surface area contributed by atoms with Crippen LogP contribution in [-0.2, 0) is 26.2 Å². The van der Waals surface area contributed by atoms with Gasteiger partial charge in [-0.2, -0.15) is 0 Å². The molecule has 1 fully saturated rings. The van der Waals surface area contributed by atoms with Gasteiger partial charge in [0, 0.05) is 27.7 Å². The highest BCUT2D eigenvalue weighted by Gasteiger charge is 2.33. The fourth-order valence-electron chi connectivity index (χ4n) is 4.91. The van der Waals surface area contributed by atoms with Crippen molar-refractivity contribution in [2.45, 2.75) is 70.0 Å². The van der Waals surface area contributed by atoms with E-state index < -0.39 is 28.5 Å². The Morgan fingerprint density at radius 2 is 1.60 bits per heavy atom. The van der Waals surface area contributed by atoms with Crippen LogP contribution in [0.1, 0.15) is 49.3 Å². The molecule has 0 spiro atoms. The van der Waals surface area contributed by atoms with Gasteiger partial charge in [0.05, 0.1) is 10.6 Å². The maximum absolute atomic E-state index is 14.1. The second kappa shape index (κ2) is 13.7. The van der Waals surface area contributed by atoms with Crippen LogP contribution in [-0.4, -0.2) is 43.8 Å². The molecule has 1 aliphatic carbocycles. The molecular formula is C31H34Cl3N3O4S. The normalized spacial score (nSPS) is 14.4. The zero-order valence-corrected chi connectivity index (χ0v) is 26.8. The molecule has 0 aromatic heterocycles. The quantitative estimate of drug-likeness (QED) is 0.258. The van der Waals surface area contributed by atoms with Gasteiger partial charge < -0.3 is 10.2 Å². The van der Waals surface area contributed by atoms with Gasteiger partial charge in [-0.3, -0.25) is 13.9 Å². The lowest BCUT2D eigenvalue weighted by molar-refractivity contribution is -0.139. The number of sulfonamides is 1. The van der Waals surface area contributed by atoms with Crippen LogP contribution in [0.5, 0.6) is 0 Å². The van der Waals surface area contributed by atoms with E-state index in [4.69, 9.17) is 34.8 Å². The van der Waals surface area contributed by atoms with Crippen LogP contribution in [0.3, 0.4) is 0 Å². The molecule has 3 aromatic rings. The van der Waals surface area contributed by atoms with E-state index in [1.54, 1.807) is 56.3 Å². The highest BCUT2D eigenvalue weighted by atomic mass is 35.5. The van der Waals surface area contributed by atoms with Crippen molar-refractivity contribution < 1.29 is 18.0 Å². The smallest absolute Gasteiger partial charge is 0.264 e. The summed E-state index contributed by atoms with van der Waals surface area (Å²) < 4.78 is 29.0. The Balaban J connectivity index is 1.72. The molecule has 1 saturated carbocycles. The first-order valence-electron chi connectivity index (χ1n) is 13.8. The predicted molar refractivity (Wildman–Crippen MR) is 169 cm³/mol. The highest BCUT2D eigenvalue weighted by Crippen LogP contribution is 2.29. The van der Waals surface area contributed by atoms with Crippen molar-refractivity contribution >= 4 is 62.3 Å². The molecule has 0 aliphatic heterocycles. The average Bonchev–Trinajstić information content (AvgIpc) is 3.45. The molecule has 7 nitrogen and oxygen atoms in total. The summed E-state index contributed by atoms with van der Waals surface area (Å²) >= 11 is 18.9. The Hall–Kier alpha value is -2.78. The molecular weight excluding hydrogens is 617 g/mol. The average molecular weight is 651 g/mol. The highest BCUT2D eigenvalue weighted by molar-refractivity contribution is 7.92. The van der Waals surface area contributed by atoms with E-state index >= 15 is 0 Å². The minimum absolute atomic E-state index is 0.0249. The van der Waals surface area contributed by atoms with E-state index in [9.17, 15) is 18.0 Å². The van der Waals surface area contributed by atoms with Crippen molar-refractivity contribution in [1.82, 2.24) is 10.2 Å². The maximum atomic E-state index is 14.1. The topological polar surface area (TPSA) is 86.8 Å². The van der Waals surface area contributed by atoms with Gasteiger partial charge in [0.2, 0.25) is 11.8 Å². The van der Waals surface area contributed by atoms with Crippen LogP contribution in [0, 0.1) is 13.8 Å². The lowest BCUT2D eigenvalue weighted by Crippen LogP contribution is -2.52. The molecule has 4 rings (SSSR count). The SMILES string of the molecule is Cc1ccc(S(=O)(=O)N(CC(=O)N(Cc2ccc(Cl)cc2Cl)[C@H](C)C(=O)NC2CCCC2)c2ccc(C)c(Cl)c2)cc1. The number of hydrogen-bond donors (Lipinski definition) is 1. The Morgan fingerprint density at radius 3 is 2.21 bits per heavy atom. The number of nitrogens with one attached hydrogen (secondary N) is 1. The summed E-state index contributed by atoms with van der Waals surface area (Å²) in [5.41, 5.74) is 2.45. The Bertz CT molecular complexity index is 1560. The third kappa shape index (κ3) is 7.59. The number of nitrogens with zero attached hydrogens (tertiary/aromatic N) is 2. The van der Waals surface area contributed by atoms with Crippen molar-refractivity contribution in [3.05, 3.63) is 92.4 Å². The number of carbonyl (C=O) groups excluding carboxylic acids is 2. The molecule has 42 heavy (non-hydrogen) atoms. The molecule has 0 saturated heterocycles. The minimum Gasteiger partial charge on any atom is -0.352 e. The predicted octanol–water partition coefficient (Wildman–Crippen LogP) is 6.94. The number of benzene rings is 3. The van der Waals surface area contributed by atoms with Gasteiger partial charge >= 0.3 is 0 Å². The van der Waals surface area contributed by atoms with Crippen LogP contribution in [0.2, 0.25) is 15.1 Å². The molecule has 3 aromatic carbocycles. The summed E-state index contributed by atoms with van der Waals surface area (Å²) in [7, 11) is -4.20. The molecule has 0 radical (unpaired) electrons. The molecule has 1 aliphatic rings. The van der Waals surface area contributed by atoms with Crippen molar-refractivity contribution in [1.29, 1.82) is 0 Å². The van der Waals surface area contributed by atoms with Crippen LogP contribution in [0.15, 0.2) is 65.6 Å². The largest absolute Gasteiger partial charge is 0.352 e. The number of rotatable bonds is 10. The number of halogens is 3. The van der Waals surface area contributed by atoms with Gasteiger partial charge in [0.1, 0.15) is 12.6 Å². The zero-order chi connectivity index (χ0) is 30.6. The first-order valence-corrected chi connectivity index (χ1v) is 16.3. The first kappa shape index (κ1) is 32.1. The summed E-state index contributed by atoms with van der Waals surface area (Å²) in [6.45, 7) is 4.70. The zero-order valence-electron chi connectivity index (χ0n) is 23.7. The Labute approximate surface area is 262 Å². The summed E-state index contributed by atoms with van der Waals surface area (Å²) in [4.78, 5) is 28.8. The number of carbonyl (C=O) groups is 2. The number of hydrogen-bond acceptors (Lipinski definition) is 4. The second-order valence-electron chi connectivity index (χ2n) is 10.7. The number of anilines is 1. The summed E-state index contributed by atoms with van der Waals surface area (Å²) in [6.07, 6.45) is 3.83. The van der Waals surface area contributed by atoms with Crippen molar-refractivity contribution in [3.63, 3.8) is 0 Å². The van der Waals surface area contributed by atoms with E-state index in [1.807, 2.05) is 6.92 Å². The van der Waals surface area contributed by atoms with Gasteiger partial charge in [-0.25, -0.2) is 8.42 Å². The van der Waals surface area contributed by atoms with E-state index in [0.29, 0.717) is 20.6 Å². The van der Waals surface area contributed by atoms with E-state index in [0.717, 1.165) is 41.1 Å². The van der Waals surface area contributed by atoms with E-state index in [1.165, 1.54) is 23.1 Å². The standard InChI is InChI=1S/C31H34Cl3N3O4S/c1-20-8-14-27(15-9-20)42(40,41)37(26-13-10-21(2)28(33)17-26)19-30(38)36(18-23-11-12-24(32)16-29(23)34)22(3)31(39)35-25-6-4-5-7-25/h8-17,22,25H,4-7,18-19H2,1-3H3,(H,35,39)/t22-/m1/s1. The fraction of sp³-hybridized carbons (Fsp3) is 0.355. The molecule has 1 N–H and O–H groups in total. The summed E-state index contributed by atoms with van der Waals surface area (Å²) in [6, 6.07) is 15.3. The summed E-state index contributed by atoms with van der Waals surface area (Å²) in [5.74, 6) is -0.894. The monoisotopic (exact) mass is 649 g/mol. The molecule has 0 unspecified atom stereocenters. The second-order valence-corrected chi connectivity index (χ2v) is 13.8. The molecule has 0 heterocycles. The number of amides is 2. The molecule has 2 amide bonds. The number of aryl methyl sites for hydroxylation is 2. The van der Waals surface area contributed by atoms with Crippen molar-refractivity contribution in [3.8, 4) is 0 Å². The molecule has 224 valence electrons. The van der Waals surface area contributed by atoms with E-state index in [2.05, 4.69) is 5.32 Å². The van der Waals surface area contributed by atoms with E-state index in [-0.39, 0.29) is 29.1 Å². The van der Waals surface area contributed by atoms with Gasteiger partial charge in [-0.15, -0.1) is 0 Å². The van der Waals surface area contributed by atoms with Gasteiger partial charge in [0.15, 0.2) is 0 Å². The van der Waals surface area contributed by atoms with Crippen LogP contribution in [0.4, 0.5) is 5.69 Å². The van der Waals surface area contributed by atoms with Gasteiger partial charge in [-0.05, 0) is 81.1 Å². The minimum atomic E-state index is -4.20. The van der Waals surface area contributed by atoms with Crippen molar-refractivity contribution in [2.24, 2.45) is 0 Å². The summed E-state index contributed by atoms with van der Waals surface area (Å²) in [5, 5.41) is 4.17. The third-order valence-electron chi connectivity index (χ3n) is 7.56. The lowest BCUT2D eigenvalue weighted by Gasteiger charge is -2.32. The van der Waals surface area contributed by atoms with Gasteiger partial charge in [-0.1, -0.05) is 77.5 Å². The Kier molecular flexibility index (Phi) is 10.5. The lowest BCUT2D eigenvalue weighted by atomic mass is 10.1. The molecule has 1 atom stereocenters. The van der Waals surface area contributed by atoms with Crippen LogP contribution < -0.4 is 9.62 Å². The van der Waals surface area contributed by atoms with Crippen molar-refractivity contribution in [2.75, 3.05) is 10.8 Å². The Morgan fingerprint density at radius 1 is 0.929 bits per heavy atom. The van der Waals surface area contributed by atoms with Crippen LogP contribution in [0.25, 0.3) is 0 Å². The first-order chi connectivity index (χ1) is 19.9. The third-order valence-corrected chi connectivity index (χ3v) is 10.3. The van der Waals surface area contributed by atoms with Crippen LogP contribution >= 0.6 is 34.8 Å². The molecule has 0 bridgehead atoms. The van der Waals surface area contributed by atoms with Gasteiger partial charge in [0.25, 0.3) is 10.0 Å².